The minimum absolute atomic E-state index is 0.260. The zero-order valence-corrected chi connectivity index (χ0v) is 10.1. The summed E-state index contributed by atoms with van der Waals surface area (Å²) in [6.45, 7) is 2.35. The van der Waals surface area contributed by atoms with Crippen LogP contribution in [0, 0.1) is 0 Å². The summed E-state index contributed by atoms with van der Waals surface area (Å²) in [7, 11) is 1.14. The van der Waals surface area contributed by atoms with Gasteiger partial charge in [0.15, 0.2) is 0 Å². The Balaban J connectivity index is 2.75. The third-order valence-electron chi connectivity index (χ3n) is 2.68. The molecule has 17 heavy (non-hydrogen) atoms. The molecule has 0 N–H and O–H groups in total. The van der Waals surface area contributed by atoms with Gasteiger partial charge in [0.05, 0.1) is 13.7 Å². The third kappa shape index (κ3) is 3.18. The van der Waals surface area contributed by atoms with Crippen LogP contribution in [0.25, 0.3) is 0 Å². The Kier molecular flexibility index (Phi) is 4.93. The lowest BCUT2D eigenvalue weighted by Gasteiger charge is -2.32. The summed E-state index contributed by atoms with van der Waals surface area (Å²) in [6, 6.07) is -0.657. The quantitative estimate of drug-likeness (QED) is 0.508. The zero-order valence-electron chi connectivity index (χ0n) is 10.1. The van der Waals surface area contributed by atoms with E-state index < -0.39 is 23.9 Å². The molecule has 1 aliphatic rings. The van der Waals surface area contributed by atoms with E-state index in [4.69, 9.17) is 4.74 Å². The number of amides is 1. The number of piperidine rings is 1. The van der Waals surface area contributed by atoms with E-state index in [-0.39, 0.29) is 6.61 Å². The van der Waals surface area contributed by atoms with Gasteiger partial charge in [-0.2, -0.15) is 0 Å². The molecule has 0 saturated carbocycles. The second-order valence-electron chi connectivity index (χ2n) is 3.75. The summed E-state index contributed by atoms with van der Waals surface area (Å²) >= 11 is 0. The number of rotatable bonds is 2. The molecule has 0 aliphatic carbocycles. The van der Waals surface area contributed by atoms with Crippen LogP contribution in [0.3, 0.4) is 0 Å². The van der Waals surface area contributed by atoms with E-state index in [9.17, 15) is 14.4 Å². The average molecular weight is 243 g/mol. The first-order valence-electron chi connectivity index (χ1n) is 5.67. The monoisotopic (exact) mass is 243 g/mol. The van der Waals surface area contributed by atoms with Crippen molar-refractivity contribution in [3.05, 3.63) is 0 Å². The number of nitrogens with zero attached hydrogens (tertiary/aromatic N) is 1. The molecular formula is C11H17NO5. The first-order chi connectivity index (χ1) is 8.11. The van der Waals surface area contributed by atoms with Crippen LogP contribution in [-0.2, 0) is 23.9 Å². The lowest BCUT2D eigenvalue weighted by atomic mass is 10.0. The summed E-state index contributed by atoms with van der Waals surface area (Å²) in [5.74, 6) is -2.17. The number of hydrogen-bond acceptors (Lipinski definition) is 5. The molecule has 1 amide bonds. The minimum atomic E-state index is -0.943. The van der Waals surface area contributed by atoms with Gasteiger partial charge in [-0.25, -0.2) is 9.59 Å². The van der Waals surface area contributed by atoms with E-state index in [1.807, 2.05) is 0 Å². The van der Waals surface area contributed by atoms with Gasteiger partial charge in [0, 0.05) is 6.54 Å². The molecule has 6 heteroatoms. The van der Waals surface area contributed by atoms with E-state index in [1.54, 1.807) is 6.92 Å². The van der Waals surface area contributed by atoms with Crippen LogP contribution in [0.15, 0.2) is 0 Å². The first-order valence-corrected chi connectivity index (χ1v) is 5.67. The van der Waals surface area contributed by atoms with Crippen LogP contribution in [0.4, 0.5) is 0 Å². The molecule has 0 aromatic heterocycles. The highest BCUT2D eigenvalue weighted by molar-refractivity contribution is 6.32. The highest BCUT2D eigenvalue weighted by Crippen LogP contribution is 2.18. The topological polar surface area (TPSA) is 72.9 Å². The molecule has 1 saturated heterocycles. The number of carbonyl (C=O) groups excluding carboxylic acids is 3. The summed E-state index contributed by atoms with van der Waals surface area (Å²) < 4.78 is 9.26. The van der Waals surface area contributed by atoms with Crippen LogP contribution >= 0.6 is 0 Å². The maximum Gasteiger partial charge on any atom is 0.396 e. The van der Waals surface area contributed by atoms with Crippen molar-refractivity contribution in [2.75, 3.05) is 20.3 Å². The van der Waals surface area contributed by atoms with Gasteiger partial charge in [-0.05, 0) is 26.2 Å². The number of methoxy groups -OCH3 is 1. The lowest BCUT2D eigenvalue weighted by molar-refractivity contribution is -0.165. The van der Waals surface area contributed by atoms with Gasteiger partial charge in [0.25, 0.3) is 0 Å². The van der Waals surface area contributed by atoms with E-state index >= 15 is 0 Å². The third-order valence-corrected chi connectivity index (χ3v) is 2.68. The lowest BCUT2D eigenvalue weighted by Crippen LogP contribution is -2.51. The van der Waals surface area contributed by atoms with Gasteiger partial charge in [-0.1, -0.05) is 0 Å². The molecule has 1 rings (SSSR count). The zero-order chi connectivity index (χ0) is 12.8. The number of esters is 2. The molecule has 1 fully saturated rings. The smallest absolute Gasteiger partial charge is 0.396 e. The van der Waals surface area contributed by atoms with Crippen molar-refractivity contribution in [1.29, 1.82) is 0 Å². The van der Waals surface area contributed by atoms with E-state index in [0.717, 1.165) is 20.0 Å². The fourth-order valence-corrected chi connectivity index (χ4v) is 1.86. The Morgan fingerprint density at radius 3 is 2.59 bits per heavy atom. The van der Waals surface area contributed by atoms with Crippen LogP contribution in [0.2, 0.25) is 0 Å². The van der Waals surface area contributed by atoms with Crippen LogP contribution in [0.5, 0.6) is 0 Å². The summed E-state index contributed by atoms with van der Waals surface area (Å²) in [5, 5.41) is 0. The van der Waals surface area contributed by atoms with Gasteiger partial charge in [-0.3, -0.25) is 4.79 Å². The number of ether oxygens (including phenoxy) is 2. The van der Waals surface area contributed by atoms with Crippen molar-refractivity contribution in [3.8, 4) is 0 Å². The second kappa shape index (κ2) is 6.22. The standard InChI is InChI=1S/C11H17NO5/c1-3-17-10(14)8-6-4-5-7-12(8)9(13)11(15)16-2/h8H,3-7H2,1-2H3/t8-/m1/s1. The normalized spacial score (nSPS) is 19.6. The summed E-state index contributed by atoms with van der Waals surface area (Å²) in [6.07, 6.45) is 2.15. The Morgan fingerprint density at radius 1 is 1.29 bits per heavy atom. The summed E-state index contributed by atoms with van der Waals surface area (Å²) in [5.41, 5.74) is 0. The highest BCUT2D eigenvalue weighted by Gasteiger charge is 2.36. The van der Waals surface area contributed by atoms with Crippen molar-refractivity contribution in [3.63, 3.8) is 0 Å². The Bertz CT molecular complexity index is 315. The SMILES string of the molecule is CCOC(=O)[C@H]1CCCCN1C(=O)C(=O)OC. The molecule has 1 aliphatic heterocycles. The van der Waals surface area contributed by atoms with E-state index in [2.05, 4.69) is 4.74 Å². The molecule has 1 heterocycles. The Morgan fingerprint density at radius 2 is 2.00 bits per heavy atom. The molecule has 6 nitrogen and oxygen atoms in total. The fourth-order valence-electron chi connectivity index (χ4n) is 1.86. The molecule has 1 atom stereocenters. The van der Waals surface area contributed by atoms with E-state index in [0.29, 0.717) is 13.0 Å². The molecular weight excluding hydrogens is 226 g/mol. The molecule has 96 valence electrons. The molecule has 0 aromatic carbocycles. The molecule has 0 aromatic rings. The van der Waals surface area contributed by atoms with Gasteiger partial charge in [-0.15, -0.1) is 0 Å². The van der Waals surface area contributed by atoms with Crippen LogP contribution < -0.4 is 0 Å². The van der Waals surface area contributed by atoms with Gasteiger partial charge < -0.3 is 14.4 Å². The maximum absolute atomic E-state index is 11.7. The fraction of sp³-hybridized carbons (Fsp3) is 0.727. The predicted molar refractivity (Wildman–Crippen MR) is 58.0 cm³/mol. The van der Waals surface area contributed by atoms with E-state index in [1.165, 1.54) is 4.90 Å². The van der Waals surface area contributed by atoms with Crippen molar-refractivity contribution >= 4 is 17.8 Å². The largest absolute Gasteiger partial charge is 0.464 e. The van der Waals surface area contributed by atoms with Crippen LogP contribution in [0.1, 0.15) is 26.2 Å². The molecule has 0 unspecified atom stereocenters. The Hall–Kier alpha value is -1.59. The molecule has 0 bridgehead atoms. The van der Waals surface area contributed by atoms with Crippen molar-refractivity contribution in [2.45, 2.75) is 32.2 Å². The molecule has 0 spiro atoms. The van der Waals surface area contributed by atoms with Gasteiger partial charge in [0.1, 0.15) is 6.04 Å². The van der Waals surface area contributed by atoms with Crippen molar-refractivity contribution in [1.82, 2.24) is 4.90 Å². The number of hydrogen-bond donors (Lipinski definition) is 0. The Labute approximate surface area is 99.9 Å². The number of carbonyl (C=O) groups is 3. The minimum Gasteiger partial charge on any atom is -0.464 e. The van der Waals surface area contributed by atoms with Crippen LogP contribution in [-0.4, -0.2) is 49.0 Å². The maximum atomic E-state index is 11.7. The van der Waals surface area contributed by atoms with Gasteiger partial charge >= 0.3 is 17.8 Å². The second-order valence-corrected chi connectivity index (χ2v) is 3.75. The average Bonchev–Trinajstić information content (AvgIpc) is 2.37. The first kappa shape index (κ1) is 13.5. The predicted octanol–water partition coefficient (Wildman–Crippen LogP) is 0.104. The summed E-state index contributed by atoms with van der Waals surface area (Å²) in [4.78, 5) is 35.8. The van der Waals surface area contributed by atoms with Crippen molar-refractivity contribution < 1.29 is 23.9 Å². The van der Waals surface area contributed by atoms with Gasteiger partial charge in [0.2, 0.25) is 0 Å². The molecule has 0 radical (unpaired) electrons. The highest BCUT2D eigenvalue weighted by atomic mass is 16.5. The number of likely N-dealkylation sites (tertiary alicyclic amines) is 1. The van der Waals surface area contributed by atoms with Crippen molar-refractivity contribution in [2.24, 2.45) is 0 Å².